The molecule has 1 aliphatic rings. The van der Waals surface area contributed by atoms with Crippen LogP contribution in [0.3, 0.4) is 0 Å². The Labute approximate surface area is 98.3 Å². The van der Waals surface area contributed by atoms with Gasteiger partial charge in [0.25, 0.3) is 0 Å². The molecule has 94 valence electrons. The number of nitrogens with one attached hydrogen (secondary N) is 1. The molecule has 4 nitrogen and oxygen atoms in total. The zero-order chi connectivity index (χ0) is 12.2. The molecule has 1 aliphatic heterocycles. The van der Waals surface area contributed by atoms with E-state index in [0.717, 1.165) is 19.5 Å². The number of carbonyl (C=O) groups excluding carboxylic acids is 1. The summed E-state index contributed by atoms with van der Waals surface area (Å²) in [4.78, 5) is 14.0. The van der Waals surface area contributed by atoms with Crippen molar-refractivity contribution in [3.63, 3.8) is 0 Å². The van der Waals surface area contributed by atoms with E-state index in [1.165, 1.54) is 0 Å². The number of likely N-dealkylation sites (N-methyl/N-ethyl adjacent to an activating group) is 1. The first-order valence-corrected chi connectivity index (χ1v) is 6.11. The number of nitrogens with zero attached hydrogens (tertiary/aromatic N) is 1. The Hall–Kier alpha value is -0.610. The second kappa shape index (κ2) is 5.64. The number of carbonyl (C=O) groups is 1. The van der Waals surface area contributed by atoms with Gasteiger partial charge in [0.05, 0.1) is 13.0 Å². The maximum Gasteiger partial charge on any atom is 0.307 e. The summed E-state index contributed by atoms with van der Waals surface area (Å²) >= 11 is 0. The van der Waals surface area contributed by atoms with Gasteiger partial charge in [0.15, 0.2) is 0 Å². The fraction of sp³-hybridized carbons (Fsp3) is 0.917. The molecule has 1 N–H and O–H groups in total. The lowest BCUT2D eigenvalue weighted by Crippen LogP contribution is -2.48. The summed E-state index contributed by atoms with van der Waals surface area (Å²) in [5, 5.41) is 3.31. The fourth-order valence-electron chi connectivity index (χ4n) is 2.27. The average molecular weight is 228 g/mol. The van der Waals surface area contributed by atoms with E-state index in [1.807, 2.05) is 14.0 Å². The summed E-state index contributed by atoms with van der Waals surface area (Å²) in [6.45, 7) is 8.68. The molecule has 0 aromatic rings. The number of rotatable bonds is 5. The van der Waals surface area contributed by atoms with Gasteiger partial charge in [-0.2, -0.15) is 0 Å². The maximum absolute atomic E-state index is 11.6. The van der Waals surface area contributed by atoms with Crippen molar-refractivity contribution < 1.29 is 9.53 Å². The van der Waals surface area contributed by atoms with Crippen LogP contribution in [0.2, 0.25) is 0 Å². The fourth-order valence-corrected chi connectivity index (χ4v) is 2.27. The minimum atomic E-state index is -0.0949. The molecule has 0 bridgehead atoms. The van der Waals surface area contributed by atoms with Crippen LogP contribution in [0.15, 0.2) is 0 Å². The summed E-state index contributed by atoms with van der Waals surface area (Å²) in [6, 6.07) is 0.539. The first kappa shape index (κ1) is 13.5. The van der Waals surface area contributed by atoms with Crippen molar-refractivity contribution in [2.45, 2.75) is 45.2 Å². The summed E-state index contributed by atoms with van der Waals surface area (Å²) in [5.41, 5.74) is -0.0868. The lowest BCUT2D eigenvalue weighted by atomic mass is 9.94. The highest BCUT2D eigenvalue weighted by Gasteiger charge is 2.39. The van der Waals surface area contributed by atoms with E-state index in [-0.39, 0.29) is 11.5 Å². The largest absolute Gasteiger partial charge is 0.466 e. The average Bonchev–Trinajstić information content (AvgIpc) is 2.63. The third-order valence-electron chi connectivity index (χ3n) is 3.43. The normalized spacial score (nSPS) is 26.3. The molecular formula is C12H24N2O2. The highest BCUT2D eigenvalue weighted by atomic mass is 16.5. The molecule has 1 rings (SSSR count). The first-order chi connectivity index (χ1) is 7.53. The smallest absolute Gasteiger partial charge is 0.307 e. The topological polar surface area (TPSA) is 41.6 Å². The molecule has 4 heteroatoms. The molecule has 1 unspecified atom stereocenters. The molecule has 0 aromatic carbocycles. The van der Waals surface area contributed by atoms with Gasteiger partial charge in [0, 0.05) is 24.7 Å². The quantitative estimate of drug-likeness (QED) is 0.713. The molecule has 1 heterocycles. The Kier molecular flexibility index (Phi) is 4.74. The van der Waals surface area contributed by atoms with Gasteiger partial charge in [0.1, 0.15) is 0 Å². The molecule has 0 aromatic heterocycles. The zero-order valence-corrected chi connectivity index (χ0v) is 10.9. The second-order valence-corrected chi connectivity index (χ2v) is 4.83. The molecule has 0 radical (unpaired) electrons. The van der Waals surface area contributed by atoms with E-state index < -0.39 is 0 Å². The minimum Gasteiger partial charge on any atom is -0.466 e. The van der Waals surface area contributed by atoms with Gasteiger partial charge in [-0.25, -0.2) is 0 Å². The van der Waals surface area contributed by atoms with Crippen LogP contribution in [0.5, 0.6) is 0 Å². The van der Waals surface area contributed by atoms with E-state index >= 15 is 0 Å². The van der Waals surface area contributed by atoms with Gasteiger partial charge in [-0.15, -0.1) is 0 Å². The Morgan fingerprint density at radius 1 is 1.56 bits per heavy atom. The van der Waals surface area contributed by atoms with Crippen molar-refractivity contribution in [3.8, 4) is 0 Å². The number of hydrogen-bond acceptors (Lipinski definition) is 4. The van der Waals surface area contributed by atoms with Gasteiger partial charge in [-0.3, -0.25) is 9.69 Å². The molecular weight excluding hydrogens is 204 g/mol. The van der Waals surface area contributed by atoms with E-state index in [0.29, 0.717) is 19.1 Å². The van der Waals surface area contributed by atoms with Crippen molar-refractivity contribution >= 4 is 5.97 Å². The Morgan fingerprint density at radius 2 is 2.25 bits per heavy atom. The summed E-state index contributed by atoms with van der Waals surface area (Å²) in [5.74, 6) is -0.0949. The molecule has 0 aliphatic carbocycles. The van der Waals surface area contributed by atoms with E-state index in [9.17, 15) is 4.79 Å². The van der Waals surface area contributed by atoms with Gasteiger partial charge in [0.2, 0.25) is 0 Å². The van der Waals surface area contributed by atoms with Gasteiger partial charge >= 0.3 is 5.97 Å². The molecule has 0 spiro atoms. The summed E-state index contributed by atoms with van der Waals surface area (Å²) < 4.78 is 5.03. The van der Waals surface area contributed by atoms with Crippen LogP contribution in [0.25, 0.3) is 0 Å². The van der Waals surface area contributed by atoms with E-state index in [1.54, 1.807) is 0 Å². The lowest BCUT2D eigenvalue weighted by molar-refractivity contribution is -0.144. The minimum absolute atomic E-state index is 0.0868. The second-order valence-electron chi connectivity index (χ2n) is 4.83. The molecule has 16 heavy (non-hydrogen) atoms. The first-order valence-electron chi connectivity index (χ1n) is 6.11. The SMILES string of the molecule is CCOC(=O)CC1(NC)CCN(C(C)C)C1. The van der Waals surface area contributed by atoms with Crippen molar-refractivity contribution in [3.05, 3.63) is 0 Å². The molecule has 1 atom stereocenters. The van der Waals surface area contributed by atoms with Gasteiger partial charge < -0.3 is 10.1 Å². The van der Waals surface area contributed by atoms with Crippen molar-refractivity contribution in [1.82, 2.24) is 10.2 Å². The third kappa shape index (κ3) is 3.19. The number of ether oxygens (including phenoxy) is 1. The van der Waals surface area contributed by atoms with Crippen molar-refractivity contribution in [2.24, 2.45) is 0 Å². The van der Waals surface area contributed by atoms with Crippen LogP contribution in [-0.4, -0.2) is 49.2 Å². The van der Waals surface area contributed by atoms with E-state index in [4.69, 9.17) is 4.74 Å². The number of likely N-dealkylation sites (tertiary alicyclic amines) is 1. The van der Waals surface area contributed by atoms with Crippen LogP contribution in [0, 0.1) is 0 Å². The summed E-state index contributed by atoms with van der Waals surface area (Å²) in [7, 11) is 1.93. The van der Waals surface area contributed by atoms with Crippen molar-refractivity contribution in [2.75, 3.05) is 26.7 Å². The lowest BCUT2D eigenvalue weighted by Gasteiger charge is -2.29. The molecule has 1 fully saturated rings. The highest BCUT2D eigenvalue weighted by molar-refractivity contribution is 5.71. The maximum atomic E-state index is 11.6. The molecule has 0 amide bonds. The Morgan fingerprint density at radius 3 is 2.69 bits per heavy atom. The predicted octanol–water partition coefficient (Wildman–Crippen LogP) is 1.01. The van der Waals surface area contributed by atoms with Crippen LogP contribution < -0.4 is 5.32 Å². The molecule has 1 saturated heterocycles. The zero-order valence-electron chi connectivity index (χ0n) is 10.9. The van der Waals surface area contributed by atoms with Crippen LogP contribution in [0.4, 0.5) is 0 Å². The number of esters is 1. The summed E-state index contributed by atoms with van der Waals surface area (Å²) in [6.07, 6.45) is 1.49. The van der Waals surface area contributed by atoms with Crippen LogP contribution in [-0.2, 0) is 9.53 Å². The van der Waals surface area contributed by atoms with Gasteiger partial charge in [-0.1, -0.05) is 0 Å². The van der Waals surface area contributed by atoms with E-state index in [2.05, 4.69) is 24.1 Å². The Balaban J connectivity index is 2.56. The van der Waals surface area contributed by atoms with Gasteiger partial charge in [-0.05, 0) is 34.2 Å². The Bertz CT molecular complexity index is 243. The van der Waals surface area contributed by atoms with Crippen molar-refractivity contribution in [1.29, 1.82) is 0 Å². The predicted molar refractivity (Wildman–Crippen MR) is 64.4 cm³/mol. The number of hydrogen-bond donors (Lipinski definition) is 1. The highest BCUT2D eigenvalue weighted by Crippen LogP contribution is 2.26. The third-order valence-corrected chi connectivity index (χ3v) is 3.43. The monoisotopic (exact) mass is 228 g/mol. The molecule has 0 saturated carbocycles. The van der Waals surface area contributed by atoms with Crippen LogP contribution >= 0.6 is 0 Å². The standard InChI is InChI=1S/C12H24N2O2/c1-5-16-11(15)8-12(13-4)6-7-14(9-12)10(2)3/h10,13H,5-9H2,1-4H3. The van der Waals surface area contributed by atoms with Crippen LogP contribution in [0.1, 0.15) is 33.6 Å².